The number of methoxy groups -OCH3 is 3. The lowest BCUT2D eigenvalue weighted by atomic mass is 10.1. The summed E-state index contributed by atoms with van der Waals surface area (Å²) in [5.41, 5.74) is 0.461. The molecule has 2 heterocycles. The van der Waals surface area contributed by atoms with E-state index in [4.69, 9.17) is 14.2 Å². The number of aromatic nitrogens is 1. The van der Waals surface area contributed by atoms with Gasteiger partial charge in [0.05, 0.1) is 37.3 Å². The third kappa shape index (κ3) is 5.13. The number of nitrogens with one attached hydrogen (secondary N) is 1. The predicted molar refractivity (Wildman–Crippen MR) is 136 cm³/mol. The van der Waals surface area contributed by atoms with Crippen LogP contribution in [0.2, 0.25) is 0 Å². The van der Waals surface area contributed by atoms with Crippen molar-refractivity contribution in [1.29, 1.82) is 0 Å². The number of H-pyrrole nitrogens is 1. The summed E-state index contributed by atoms with van der Waals surface area (Å²) in [6, 6.07) is 14.3. The Kier molecular flexibility index (Phi) is 7.43. The molecular formula is C25H24N2O7S2. The van der Waals surface area contributed by atoms with E-state index in [0.717, 1.165) is 4.88 Å². The molecule has 1 N–H and O–H groups in total. The zero-order chi connectivity index (χ0) is 25.9. The second-order valence-corrected chi connectivity index (χ2v) is 10.8. The minimum atomic E-state index is -4.10. The zero-order valence-electron chi connectivity index (χ0n) is 19.8. The van der Waals surface area contributed by atoms with Gasteiger partial charge in [-0.3, -0.25) is 4.79 Å². The second-order valence-electron chi connectivity index (χ2n) is 7.79. The summed E-state index contributed by atoms with van der Waals surface area (Å²) in [7, 11) is 0.134. The quantitative estimate of drug-likeness (QED) is 0.329. The molecule has 0 aliphatic carbocycles. The third-order valence-corrected chi connectivity index (χ3v) is 8.23. The summed E-state index contributed by atoms with van der Waals surface area (Å²) < 4.78 is 44.0. The Morgan fingerprint density at radius 2 is 1.72 bits per heavy atom. The number of ether oxygens (including phenoxy) is 3. The lowest BCUT2D eigenvalue weighted by Crippen LogP contribution is -2.32. The lowest BCUT2D eigenvalue weighted by Gasteiger charge is -2.22. The molecule has 0 fully saturated rings. The first kappa shape index (κ1) is 25.4. The molecule has 2 aromatic carbocycles. The summed E-state index contributed by atoms with van der Waals surface area (Å²) >= 11 is 1.40. The predicted octanol–water partition coefficient (Wildman–Crippen LogP) is 3.78. The number of nitrogens with zero attached hydrogens (tertiary/aromatic N) is 1. The Hall–Kier alpha value is -3.67. The van der Waals surface area contributed by atoms with Crippen molar-refractivity contribution in [1.82, 2.24) is 9.29 Å². The molecule has 4 aromatic rings. The van der Waals surface area contributed by atoms with Crippen LogP contribution in [0, 0.1) is 0 Å². The molecule has 0 spiro atoms. The van der Waals surface area contributed by atoms with Crippen LogP contribution in [-0.4, -0.2) is 45.0 Å². The van der Waals surface area contributed by atoms with Gasteiger partial charge in [0, 0.05) is 35.0 Å². The number of sulfonamides is 1. The van der Waals surface area contributed by atoms with Gasteiger partial charge in [0.15, 0.2) is 11.5 Å². The highest BCUT2D eigenvalue weighted by atomic mass is 32.2. The van der Waals surface area contributed by atoms with Crippen molar-refractivity contribution in [3.8, 4) is 11.5 Å². The van der Waals surface area contributed by atoms with Gasteiger partial charge in [-0.1, -0.05) is 12.1 Å². The number of aromatic amines is 1. The first-order chi connectivity index (χ1) is 17.3. The highest BCUT2D eigenvalue weighted by Crippen LogP contribution is 2.31. The molecule has 0 saturated carbocycles. The number of pyridine rings is 1. The maximum atomic E-state index is 13.7. The molecule has 188 valence electrons. The van der Waals surface area contributed by atoms with Crippen molar-refractivity contribution in [2.45, 2.75) is 18.0 Å². The van der Waals surface area contributed by atoms with Gasteiger partial charge in [-0.25, -0.2) is 13.2 Å². The molecule has 0 radical (unpaired) electrons. The number of rotatable bonds is 9. The summed E-state index contributed by atoms with van der Waals surface area (Å²) in [6.45, 7) is -0.145. The van der Waals surface area contributed by atoms with E-state index in [0.29, 0.717) is 22.4 Å². The third-order valence-electron chi connectivity index (χ3n) is 5.58. The molecule has 2 aromatic heterocycles. The van der Waals surface area contributed by atoms with E-state index < -0.39 is 21.6 Å². The number of benzene rings is 2. The van der Waals surface area contributed by atoms with E-state index >= 15 is 0 Å². The SMILES string of the molecule is COC(=O)c1cccc(S(=O)(=O)N(Cc2cccs2)Cc2cc3cc(OC)c(OC)cc3[nH]c2=O)c1. The minimum absolute atomic E-state index is 0.0475. The molecule has 36 heavy (non-hydrogen) atoms. The van der Waals surface area contributed by atoms with Gasteiger partial charge in [0.2, 0.25) is 10.0 Å². The molecule has 0 bridgehead atoms. The fourth-order valence-electron chi connectivity index (χ4n) is 3.74. The van der Waals surface area contributed by atoms with Crippen molar-refractivity contribution in [3.63, 3.8) is 0 Å². The topological polar surface area (TPSA) is 115 Å². The highest BCUT2D eigenvalue weighted by Gasteiger charge is 2.27. The Morgan fingerprint density at radius 3 is 2.39 bits per heavy atom. The van der Waals surface area contributed by atoms with E-state index in [-0.39, 0.29) is 29.1 Å². The van der Waals surface area contributed by atoms with Gasteiger partial charge in [-0.2, -0.15) is 4.31 Å². The zero-order valence-corrected chi connectivity index (χ0v) is 21.4. The Labute approximate surface area is 211 Å². The van der Waals surface area contributed by atoms with Crippen LogP contribution in [0.15, 0.2) is 69.7 Å². The molecule has 0 unspecified atom stereocenters. The van der Waals surface area contributed by atoms with Crippen molar-refractivity contribution in [3.05, 3.63) is 86.3 Å². The number of esters is 1. The summed E-state index contributed by atoms with van der Waals surface area (Å²) in [5.74, 6) is 0.290. The number of hydrogen-bond acceptors (Lipinski definition) is 8. The van der Waals surface area contributed by atoms with Gasteiger partial charge >= 0.3 is 5.97 Å². The van der Waals surface area contributed by atoms with E-state index in [2.05, 4.69) is 4.98 Å². The molecular weight excluding hydrogens is 504 g/mol. The molecule has 4 rings (SSSR count). The van der Waals surface area contributed by atoms with E-state index in [9.17, 15) is 18.0 Å². The molecule has 0 atom stereocenters. The van der Waals surface area contributed by atoms with E-state index in [1.165, 1.54) is 61.2 Å². The van der Waals surface area contributed by atoms with Crippen LogP contribution < -0.4 is 15.0 Å². The molecule has 0 aliphatic heterocycles. The average Bonchev–Trinajstić information content (AvgIpc) is 3.40. The minimum Gasteiger partial charge on any atom is -0.493 e. The van der Waals surface area contributed by atoms with E-state index in [1.54, 1.807) is 18.2 Å². The fraction of sp³-hybridized carbons (Fsp3) is 0.200. The van der Waals surface area contributed by atoms with Crippen LogP contribution in [0.4, 0.5) is 0 Å². The highest BCUT2D eigenvalue weighted by molar-refractivity contribution is 7.89. The van der Waals surface area contributed by atoms with Crippen molar-refractivity contribution >= 4 is 38.2 Å². The van der Waals surface area contributed by atoms with Crippen molar-refractivity contribution < 1.29 is 27.4 Å². The van der Waals surface area contributed by atoms with Gasteiger partial charge in [0.25, 0.3) is 5.56 Å². The Balaban J connectivity index is 1.78. The molecule has 11 heteroatoms. The smallest absolute Gasteiger partial charge is 0.337 e. The number of carbonyl (C=O) groups excluding carboxylic acids is 1. The maximum absolute atomic E-state index is 13.7. The first-order valence-corrected chi connectivity index (χ1v) is 13.1. The van der Waals surface area contributed by atoms with Crippen LogP contribution in [0.25, 0.3) is 10.9 Å². The fourth-order valence-corrected chi connectivity index (χ4v) is 5.98. The maximum Gasteiger partial charge on any atom is 0.337 e. The largest absolute Gasteiger partial charge is 0.493 e. The normalized spacial score (nSPS) is 11.6. The van der Waals surface area contributed by atoms with Crippen LogP contribution in [0.1, 0.15) is 20.8 Å². The monoisotopic (exact) mass is 528 g/mol. The van der Waals surface area contributed by atoms with Crippen molar-refractivity contribution in [2.24, 2.45) is 0 Å². The molecule has 9 nitrogen and oxygen atoms in total. The van der Waals surface area contributed by atoms with Gasteiger partial charge in [-0.05, 0) is 41.8 Å². The van der Waals surface area contributed by atoms with Gasteiger partial charge in [-0.15, -0.1) is 11.3 Å². The molecule has 0 aliphatic rings. The number of carbonyl (C=O) groups is 1. The summed E-state index contributed by atoms with van der Waals surface area (Å²) in [6.07, 6.45) is 0. The van der Waals surface area contributed by atoms with Gasteiger partial charge < -0.3 is 19.2 Å². The van der Waals surface area contributed by atoms with Crippen LogP contribution in [-0.2, 0) is 27.8 Å². The van der Waals surface area contributed by atoms with Crippen LogP contribution >= 0.6 is 11.3 Å². The Morgan fingerprint density at radius 1 is 0.972 bits per heavy atom. The number of hydrogen-bond donors (Lipinski definition) is 1. The van der Waals surface area contributed by atoms with Crippen LogP contribution in [0.5, 0.6) is 11.5 Å². The standard InChI is InChI=1S/C25H24N2O7S2/c1-32-22-12-17-10-18(24(28)26-21(17)13-23(22)33-2)14-27(15-19-7-5-9-35-19)36(30,31)20-8-4-6-16(11-20)25(29)34-3/h4-13H,14-15H2,1-3H3,(H,26,28). The molecule has 0 amide bonds. The van der Waals surface area contributed by atoms with E-state index in [1.807, 2.05) is 17.5 Å². The lowest BCUT2D eigenvalue weighted by molar-refractivity contribution is 0.0600. The summed E-state index contributed by atoms with van der Waals surface area (Å²) in [4.78, 5) is 28.5. The van der Waals surface area contributed by atoms with Crippen LogP contribution in [0.3, 0.4) is 0 Å². The Bertz CT molecular complexity index is 1560. The summed E-state index contributed by atoms with van der Waals surface area (Å²) in [5, 5.41) is 2.50. The average molecular weight is 529 g/mol. The number of thiophene rings is 1. The number of fused-ring (bicyclic) bond motifs is 1. The van der Waals surface area contributed by atoms with Gasteiger partial charge in [0.1, 0.15) is 0 Å². The van der Waals surface area contributed by atoms with Crippen molar-refractivity contribution in [2.75, 3.05) is 21.3 Å². The second kappa shape index (κ2) is 10.5. The molecule has 0 saturated heterocycles. The first-order valence-electron chi connectivity index (χ1n) is 10.8.